The molecule has 0 aromatic carbocycles. The molecule has 0 aromatic heterocycles. The van der Waals surface area contributed by atoms with E-state index in [1.54, 1.807) is 6.92 Å². The summed E-state index contributed by atoms with van der Waals surface area (Å²) in [5.41, 5.74) is 0. The SMILES string of the molecule is C.CCOC(C)=O.ClC(Cl)Cl. The Morgan fingerprint density at radius 2 is 1.73 bits per heavy atom. The first kappa shape index (κ1) is 17.4. The molecule has 70 valence electrons. The molecule has 0 radical (unpaired) electrons. The largest absolute Gasteiger partial charge is 0.466 e. The average Bonchev–Trinajstić information content (AvgIpc) is 1.62. The molecule has 0 aliphatic rings. The summed E-state index contributed by atoms with van der Waals surface area (Å²) in [4.78, 5) is 9.82. The summed E-state index contributed by atoms with van der Waals surface area (Å²) in [6.45, 7) is 3.65. The summed E-state index contributed by atoms with van der Waals surface area (Å²) in [6, 6.07) is 0. The molecule has 5 heteroatoms. The molecule has 2 nitrogen and oxygen atoms in total. The fourth-order valence-corrected chi connectivity index (χ4v) is 0.203. The zero-order valence-corrected chi connectivity index (χ0v) is 8.00. The van der Waals surface area contributed by atoms with Crippen molar-refractivity contribution in [3.63, 3.8) is 0 Å². The van der Waals surface area contributed by atoms with Crippen LogP contribution in [-0.4, -0.2) is 16.9 Å². The van der Waals surface area contributed by atoms with Crippen LogP contribution in [0.1, 0.15) is 21.3 Å². The van der Waals surface area contributed by atoms with Gasteiger partial charge in [-0.2, -0.15) is 0 Å². The fourth-order valence-electron chi connectivity index (χ4n) is 0.203. The number of hydrogen-bond acceptors (Lipinski definition) is 2. The van der Waals surface area contributed by atoms with E-state index in [1.807, 2.05) is 0 Å². The van der Waals surface area contributed by atoms with E-state index in [-0.39, 0.29) is 13.4 Å². The number of esters is 1. The maximum absolute atomic E-state index is 9.82. The number of carbonyl (C=O) groups is 1. The van der Waals surface area contributed by atoms with Crippen molar-refractivity contribution in [3.05, 3.63) is 0 Å². The highest BCUT2D eigenvalue weighted by atomic mass is 35.6. The fraction of sp³-hybridized carbons (Fsp3) is 0.833. The zero-order chi connectivity index (χ0) is 8.57. The molecule has 0 saturated heterocycles. The quantitative estimate of drug-likeness (QED) is 0.504. The van der Waals surface area contributed by atoms with Crippen LogP contribution in [0.4, 0.5) is 0 Å². The van der Waals surface area contributed by atoms with Gasteiger partial charge in [0.1, 0.15) is 0 Å². The lowest BCUT2D eigenvalue weighted by Gasteiger charge is -1.89. The van der Waals surface area contributed by atoms with Gasteiger partial charge in [-0.25, -0.2) is 0 Å². The van der Waals surface area contributed by atoms with Gasteiger partial charge in [-0.1, -0.05) is 42.2 Å². The number of hydrogen-bond donors (Lipinski definition) is 0. The summed E-state index contributed by atoms with van der Waals surface area (Å²) in [7, 11) is 0. The van der Waals surface area contributed by atoms with Crippen LogP contribution in [0.25, 0.3) is 0 Å². The molecule has 0 amide bonds. The molecule has 0 N–H and O–H groups in total. The van der Waals surface area contributed by atoms with E-state index in [0.717, 1.165) is 0 Å². The van der Waals surface area contributed by atoms with Crippen molar-refractivity contribution < 1.29 is 9.53 Å². The Balaban J connectivity index is -0.000000114. The maximum Gasteiger partial charge on any atom is 0.302 e. The third kappa shape index (κ3) is 64.5. The number of alkyl halides is 3. The number of carbonyl (C=O) groups excluding carboxylic acids is 1. The summed E-state index contributed by atoms with van der Waals surface area (Å²) in [5, 5.41) is 0. The van der Waals surface area contributed by atoms with Gasteiger partial charge in [0.05, 0.1) is 6.61 Å². The highest BCUT2D eigenvalue weighted by Crippen LogP contribution is 2.03. The van der Waals surface area contributed by atoms with E-state index in [1.165, 1.54) is 6.92 Å². The molecule has 0 unspecified atom stereocenters. The van der Waals surface area contributed by atoms with E-state index in [2.05, 4.69) is 4.74 Å². The third-order valence-electron chi connectivity index (χ3n) is 0.348. The van der Waals surface area contributed by atoms with Crippen LogP contribution < -0.4 is 0 Å². The van der Waals surface area contributed by atoms with E-state index >= 15 is 0 Å². The first-order chi connectivity index (χ1) is 4.50. The van der Waals surface area contributed by atoms with Crippen molar-refractivity contribution >= 4 is 40.8 Å². The van der Waals surface area contributed by atoms with Crippen molar-refractivity contribution in [2.45, 2.75) is 25.6 Å². The molecule has 0 heterocycles. The molecule has 0 saturated carbocycles. The molecule has 11 heavy (non-hydrogen) atoms. The highest BCUT2D eigenvalue weighted by molar-refractivity contribution is 6.63. The van der Waals surface area contributed by atoms with Gasteiger partial charge in [0, 0.05) is 6.92 Å². The summed E-state index contributed by atoms with van der Waals surface area (Å²) in [5.74, 6) is -0.211. The van der Waals surface area contributed by atoms with Gasteiger partial charge in [0.2, 0.25) is 0 Å². The Hall–Kier alpha value is 0.340. The van der Waals surface area contributed by atoms with Crippen molar-refractivity contribution in [2.75, 3.05) is 6.61 Å². The Morgan fingerprint density at radius 1 is 1.45 bits per heavy atom. The molecule has 0 rings (SSSR count). The predicted molar refractivity (Wildman–Crippen MR) is 50.4 cm³/mol. The molecule has 0 bridgehead atoms. The first-order valence-electron chi connectivity index (χ1n) is 2.56. The summed E-state index contributed by atoms with van der Waals surface area (Å²) in [6.07, 6.45) is 0. The van der Waals surface area contributed by atoms with E-state index < -0.39 is 4.30 Å². The second-order valence-corrected chi connectivity index (χ2v) is 3.15. The standard InChI is InChI=1S/C4H8O2.CHCl3.CH4/c1-3-6-4(2)5;2-1(3)4;/h3H2,1-2H3;1H;1H4. The van der Waals surface area contributed by atoms with Gasteiger partial charge in [-0.15, -0.1) is 0 Å². The van der Waals surface area contributed by atoms with Crippen LogP contribution in [0.2, 0.25) is 0 Å². The lowest BCUT2D eigenvalue weighted by Crippen LogP contribution is -1.95. The minimum atomic E-state index is -0.750. The van der Waals surface area contributed by atoms with Gasteiger partial charge >= 0.3 is 5.97 Å². The molecule has 0 aliphatic heterocycles. The second kappa shape index (κ2) is 13.0. The number of rotatable bonds is 1. The van der Waals surface area contributed by atoms with Gasteiger partial charge in [0.25, 0.3) is 0 Å². The van der Waals surface area contributed by atoms with Crippen LogP contribution in [0, 0.1) is 0 Å². The maximum atomic E-state index is 9.82. The average molecular weight is 224 g/mol. The third-order valence-corrected chi connectivity index (χ3v) is 0.348. The van der Waals surface area contributed by atoms with Gasteiger partial charge in [-0.3, -0.25) is 4.79 Å². The topological polar surface area (TPSA) is 26.3 Å². The monoisotopic (exact) mass is 222 g/mol. The Labute approximate surface area is 82.8 Å². The van der Waals surface area contributed by atoms with Crippen LogP contribution in [0.15, 0.2) is 0 Å². The van der Waals surface area contributed by atoms with Crippen LogP contribution in [-0.2, 0) is 9.53 Å². The van der Waals surface area contributed by atoms with Gasteiger partial charge in [0.15, 0.2) is 4.30 Å². The molecule has 0 aromatic rings. The van der Waals surface area contributed by atoms with Crippen LogP contribution in [0.3, 0.4) is 0 Å². The molecular weight excluding hydrogens is 210 g/mol. The van der Waals surface area contributed by atoms with Crippen molar-refractivity contribution in [3.8, 4) is 0 Å². The molecule has 0 spiro atoms. The zero-order valence-electron chi connectivity index (χ0n) is 5.73. The van der Waals surface area contributed by atoms with Gasteiger partial charge < -0.3 is 4.74 Å². The van der Waals surface area contributed by atoms with E-state index in [9.17, 15) is 4.79 Å². The van der Waals surface area contributed by atoms with Crippen molar-refractivity contribution in [2.24, 2.45) is 0 Å². The van der Waals surface area contributed by atoms with Crippen LogP contribution >= 0.6 is 34.8 Å². The Bertz CT molecular complexity index is 83.1. The van der Waals surface area contributed by atoms with Crippen molar-refractivity contribution in [1.29, 1.82) is 0 Å². The van der Waals surface area contributed by atoms with Gasteiger partial charge in [-0.05, 0) is 6.92 Å². The minimum Gasteiger partial charge on any atom is -0.466 e. The van der Waals surface area contributed by atoms with E-state index in [4.69, 9.17) is 34.8 Å². The lowest BCUT2D eigenvalue weighted by molar-refractivity contribution is -0.140. The summed E-state index contributed by atoms with van der Waals surface area (Å²) >= 11 is 14.4. The van der Waals surface area contributed by atoms with Crippen molar-refractivity contribution in [1.82, 2.24) is 0 Å². The Morgan fingerprint density at radius 3 is 1.73 bits per heavy atom. The second-order valence-electron chi connectivity index (χ2n) is 1.17. The normalized spacial score (nSPS) is 7.45. The number of halogens is 3. The first-order valence-corrected chi connectivity index (χ1v) is 3.87. The minimum absolute atomic E-state index is 0. The molecule has 0 fully saturated rings. The molecule has 0 aliphatic carbocycles. The lowest BCUT2D eigenvalue weighted by atomic mass is 10.8. The number of ether oxygens (including phenoxy) is 1. The smallest absolute Gasteiger partial charge is 0.302 e. The highest BCUT2D eigenvalue weighted by Gasteiger charge is 1.81. The Kier molecular flexibility index (Phi) is 20.5. The van der Waals surface area contributed by atoms with Crippen LogP contribution in [0.5, 0.6) is 0 Å². The molecule has 0 atom stereocenters. The predicted octanol–water partition coefficient (Wildman–Crippen LogP) is 3.19. The summed E-state index contributed by atoms with van der Waals surface area (Å²) < 4.78 is 3.65. The van der Waals surface area contributed by atoms with E-state index in [0.29, 0.717) is 6.61 Å². The molecular formula is C6H13Cl3O2.